The third-order valence-corrected chi connectivity index (χ3v) is 11.7. The maximum atomic E-state index is 14.5. The fourth-order valence-corrected chi connectivity index (χ4v) is 8.96. The number of unbranched alkanes of at least 4 members (excludes halogenated alkanes) is 1. The fraction of sp³-hybridized carbons (Fsp3) is 0.512. The van der Waals surface area contributed by atoms with Crippen LogP contribution in [0.15, 0.2) is 47.4 Å². The van der Waals surface area contributed by atoms with Crippen molar-refractivity contribution < 1.29 is 37.0 Å². The van der Waals surface area contributed by atoms with Crippen molar-refractivity contribution in [3.8, 4) is 5.75 Å². The summed E-state index contributed by atoms with van der Waals surface area (Å²) in [7, 11) is -3.93. The van der Waals surface area contributed by atoms with Gasteiger partial charge in [-0.25, -0.2) is 27.3 Å². The normalized spacial score (nSPS) is 15.4. The summed E-state index contributed by atoms with van der Waals surface area (Å²) in [4.78, 5) is 43.4. The molecule has 0 saturated carbocycles. The van der Waals surface area contributed by atoms with Gasteiger partial charge in [0.1, 0.15) is 35.4 Å². The largest absolute Gasteiger partial charge is 0.487 e. The van der Waals surface area contributed by atoms with Crippen LogP contribution < -0.4 is 19.7 Å². The van der Waals surface area contributed by atoms with Gasteiger partial charge in [-0.2, -0.15) is 0 Å². The van der Waals surface area contributed by atoms with Crippen LogP contribution in [0.25, 0.3) is 0 Å². The molecule has 0 bridgehead atoms. The molecule has 0 fully saturated rings. The number of benzene rings is 2. The number of anilines is 1. The molecule has 3 aromatic rings. The van der Waals surface area contributed by atoms with Crippen molar-refractivity contribution in [3.05, 3.63) is 81.5 Å². The first-order chi connectivity index (χ1) is 25.4. The number of alkyl carbamates (subject to hydrolysis) is 1. The molecule has 1 atom stereocenters. The highest BCUT2D eigenvalue weighted by atomic mass is 32.2. The van der Waals surface area contributed by atoms with Gasteiger partial charge in [0, 0.05) is 37.2 Å². The molecule has 3 heterocycles. The molecule has 0 saturated heterocycles. The Balaban J connectivity index is 1.18. The van der Waals surface area contributed by atoms with Gasteiger partial charge < -0.3 is 24.8 Å². The molecule has 12 nitrogen and oxygen atoms in total. The number of fused-ring (bicyclic) bond motifs is 2. The van der Waals surface area contributed by atoms with Crippen LogP contribution in [0.4, 0.5) is 10.6 Å². The molecule has 0 spiro atoms. The molecule has 5 rings (SSSR count). The zero-order valence-corrected chi connectivity index (χ0v) is 33.6. The van der Waals surface area contributed by atoms with Crippen LogP contribution in [0.3, 0.4) is 0 Å². The molecule has 2 aliphatic heterocycles. The average molecular weight is 763 g/mol. The van der Waals surface area contributed by atoms with Crippen LogP contribution in [-0.4, -0.2) is 61.7 Å². The van der Waals surface area contributed by atoms with E-state index >= 15 is 0 Å². The number of esters is 1. The van der Waals surface area contributed by atoms with Crippen molar-refractivity contribution in [1.82, 2.24) is 15.6 Å². The smallest absolute Gasteiger partial charge is 0.408 e. The van der Waals surface area contributed by atoms with Crippen LogP contribution in [0.2, 0.25) is 0 Å². The summed E-state index contributed by atoms with van der Waals surface area (Å²) in [6.45, 7) is 15.0. The Morgan fingerprint density at radius 1 is 1.00 bits per heavy atom. The molecule has 0 aliphatic carbocycles. The van der Waals surface area contributed by atoms with Crippen molar-refractivity contribution in [3.63, 3.8) is 0 Å². The lowest BCUT2D eigenvalue weighted by atomic mass is 9.94. The second kappa shape index (κ2) is 16.4. The summed E-state index contributed by atoms with van der Waals surface area (Å²) >= 11 is 0. The number of rotatable bonds is 13. The Labute approximate surface area is 319 Å². The van der Waals surface area contributed by atoms with E-state index in [9.17, 15) is 22.8 Å². The molecule has 54 heavy (non-hydrogen) atoms. The van der Waals surface area contributed by atoms with Crippen molar-refractivity contribution in [2.45, 2.75) is 129 Å². The first kappa shape index (κ1) is 40.5. The monoisotopic (exact) mass is 762 g/mol. The van der Waals surface area contributed by atoms with Gasteiger partial charge >= 0.3 is 12.1 Å². The summed E-state index contributed by atoms with van der Waals surface area (Å²) in [5.41, 5.74) is 4.45. The standard InChI is InChI=1S/C41H54N4O8S/c1-26-27(2)36(28(3)32-23-41(7,8)52-35(26)32)54(49,50)45-22-14-17-30-20-21-31(43-37(30)45)18-12-13-19-34(46)42-24-33(38(47)53-40(4,5)6)44-39(48)51-25-29-15-10-9-11-16-29/h9-11,15-16,20-21,33H,12-14,17-19,22-25H2,1-8H3,(H,42,46)(H,44,48)/t33-/m0/s1. The predicted octanol–water partition coefficient (Wildman–Crippen LogP) is 6.33. The number of carbonyl (C=O) groups excluding carboxylic acids is 3. The molecular weight excluding hydrogens is 709 g/mol. The SMILES string of the molecule is Cc1c(C)c(S(=O)(=O)N2CCCc3ccc(CCCCC(=O)NC[C@H](NC(=O)OCc4ccccc4)C(=O)OC(C)(C)C)nc32)c(C)c2c1OC(C)(C)C2. The first-order valence-electron chi connectivity index (χ1n) is 18.7. The van der Waals surface area contributed by atoms with E-state index in [1.54, 1.807) is 20.8 Å². The summed E-state index contributed by atoms with van der Waals surface area (Å²) < 4.78 is 47.4. The molecule has 2 amide bonds. The van der Waals surface area contributed by atoms with Gasteiger partial charge in [-0.05, 0) is 121 Å². The lowest BCUT2D eigenvalue weighted by Crippen LogP contribution is -2.50. The van der Waals surface area contributed by atoms with E-state index in [1.165, 1.54) is 4.31 Å². The lowest BCUT2D eigenvalue weighted by molar-refractivity contribution is -0.157. The number of pyridine rings is 1. The van der Waals surface area contributed by atoms with E-state index in [2.05, 4.69) is 10.6 Å². The summed E-state index contributed by atoms with van der Waals surface area (Å²) in [5.74, 6) is 0.278. The van der Waals surface area contributed by atoms with E-state index < -0.39 is 39.3 Å². The van der Waals surface area contributed by atoms with Gasteiger partial charge in [0.05, 0.1) is 4.90 Å². The van der Waals surface area contributed by atoms with E-state index in [4.69, 9.17) is 19.2 Å². The van der Waals surface area contributed by atoms with Crippen LogP contribution in [-0.2, 0) is 55.0 Å². The third kappa shape index (κ3) is 9.71. The number of sulfonamides is 1. The summed E-state index contributed by atoms with van der Waals surface area (Å²) in [6, 6.07) is 11.9. The number of amides is 2. The highest BCUT2D eigenvalue weighted by Crippen LogP contribution is 2.45. The Bertz CT molecular complexity index is 1990. The number of hydrogen-bond acceptors (Lipinski definition) is 9. The van der Waals surface area contributed by atoms with Crippen LogP contribution in [0.5, 0.6) is 5.75 Å². The quantitative estimate of drug-likeness (QED) is 0.150. The van der Waals surface area contributed by atoms with Crippen molar-refractivity contribution in [2.24, 2.45) is 0 Å². The minimum atomic E-state index is -3.93. The van der Waals surface area contributed by atoms with Gasteiger partial charge in [0.25, 0.3) is 10.0 Å². The van der Waals surface area contributed by atoms with Gasteiger partial charge in [-0.3, -0.25) is 4.79 Å². The van der Waals surface area contributed by atoms with Crippen LogP contribution in [0.1, 0.15) is 99.4 Å². The lowest BCUT2D eigenvalue weighted by Gasteiger charge is -2.31. The Kier molecular flexibility index (Phi) is 12.3. The number of nitrogens with zero attached hydrogens (tertiary/aromatic N) is 2. The molecule has 2 aliphatic rings. The van der Waals surface area contributed by atoms with Crippen LogP contribution >= 0.6 is 0 Å². The Morgan fingerprint density at radius 3 is 2.43 bits per heavy atom. The number of nitrogens with one attached hydrogen (secondary N) is 2. The number of ether oxygens (including phenoxy) is 3. The van der Waals surface area contributed by atoms with E-state index in [-0.39, 0.29) is 25.5 Å². The van der Waals surface area contributed by atoms with E-state index in [0.29, 0.717) is 54.9 Å². The molecule has 292 valence electrons. The molecule has 0 radical (unpaired) electrons. The number of hydrogen-bond donors (Lipinski definition) is 2. The Hall–Kier alpha value is -4.65. The molecule has 2 N–H and O–H groups in total. The molecular formula is C41H54N4O8S. The van der Waals surface area contributed by atoms with Crippen molar-refractivity contribution in [1.29, 1.82) is 0 Å². The minimum Gasteiger partial charge on any atom is -0.487 e. The zero-order valence-electron chi connectivity index (χ0n) is 32.8. The molecule has 1 aromatic heterocycles. The summed E-state index contributed by atoms with van der Waals surface area (Å²) in [5, 5.41) is 5.25. The van der Waals surface area contributed by atoms with Gasteiger partial charge in [-0.15, -0.1) is 0 Å². The highest BCUT2D eigenvalue weighted by Gasteiger charge is 2.39. The van der Waals surface area contributed by atoms with Gasteiger partial charge in [0.15, 0.2) is 0 Å². The Morgan fingerprint density at radius 2 is 1.72 bits per heavy atom. The van der Waals surface area contributed by atoms with E-state index in [0.717, 1.165) is 45.7 Å². The second-order valence-corrected chi connectivity index (χ2v) is 17.6. The number of aromatic nitrogens is 1. The second-order valence-electron chi connectivity index (χ2n) is 15.8. The highest BCUT2D eigenvalue weighted by molar-refractivity contribution is 7.93. The van der Waals surface area contributed by atoms with Gasteiger partial charge in [0.2, 0.25) is 5.91 Å². The first-order valence-corrected chi connectivity index (χ1v) is 20.1. The molecule has 0 unspecified atom stereocenters. The van der Waals surface area contributed by atoms with Crippen molar-refractivity contribution in [2.75, 3.05) is 17.4 Å². The van der Waals surface area contributed by atoms with E-state index in [1.807, 2.05) is 77.1 Å². The predicted molar refractivity (Wildman–Crippen MR) is 206 cm³/mol. The van der Waals surface area contributed by atoms with Gasteiger partial charge in [-0.1, -0.05) is 36.4 Å². The number of aryl methyl sites for hydroxylation is 2. The average Bonchev–Trinajstić information content (AvgIpc) is 3.45. The number of carbonyl (C=O) groups is 3. The molecule has 2 aromatic carbocycles. The topological polar surface area (TPSA) is 153 Å². The van der Waals surface area contributed by atoms with Crippen LogP contribution in [0, 0.1) is 20.8 Å². The zero-order chi connectivity index (χ0) is 39.4. The fourth-order valence-electron chi connectivity index (χ4n) is 6.93. The minimum absolute atomic E-state index is 0.0229. The third-order valence-electron chi connectivity index (χ3n) is 9.68. The van der Waals surface area contributed by atoms with Crippen molar-refractivity contribution >= 4 is 33.8 Å². The molecule has 13 heteroatoms. The summed E-state index contributed by atoms with van der Waals surface area (Å²) in [6.07, 6.45) is 3.15. The maximum Gasteiger partial charge on any atom is 0.408 e. The maximum absolute atomic E-state index is 14.5.